The standard InChI is InChI=1S/C19H21NO6S/c1-10-4-5-13-14(8-10)27-17(16(13)19(23)24-3)20-15(21)9-26-18(22)12-6-7-25-11(12)2/h6-7,10H,4-5,8-9H2,1-3H3,(H,20,21)/t10-/m0/s1. The summed E-state index contributed by atoms with van der Waals surface area (Å²) in [7, 11) is 1.32. The molecule has 1 amide bonds. The van der Waals surface area contributed by atoms with Crippen molar-refractivity contribution in [1.29, 1.82) is 0 Å². The number of hydrogen-bond donors (Lipinski definition) is 1. The minimum Gasteiger partial charge on any atom is -0.469 e. The van der Waals surface area contributed by atoms with Gasteiger partial charge in [-0.25, -0.2) is 9.59 Å². The Morgan fingerprint density at radius 1 is 1.33 bits per heavy atom. The molecule has 2 aromatic heterocycles. The van der Waals surface area contributed by atoms with E-state index >= 15 is 0 Å². The van der Waals surface area contributed by atoms with E-state index in [9.17, 15) is 14.4 Å². The highest BCUT2D eigenvalue weighted by Gasteiger charge is 2.29. The van der Waals surface area contributed by atoms with E-state index in [4.69, 9.17) is 13.9 Å². The molecule has 1 N–H and O–H groups in total. The number of methoxy groups -OCH3 is 1. The number of ether oxygens (including phenoxy) is 2. The van der Waals surface area contributed by atoms with Crippen LogP contribution in [-0.4, -0.2) is 31.6 Å². The fraction of sp³-hybridized carbons (Fsp3) is 0.421. The molecule has 0 bridgehead atoms. The zero-order chi connectivity index (χ0) is 19.6. The molecule has 1 aliphatic rings. The van der Waals surface area contributed by atoms with Crippen LogP contribution < -0.4 is 5.32 Å². The molecule has 2 aromatic rings. The molecule has 144 valence electrons. The van der Waals surface area contributed by atoms with E-state index < -0.39 is 24.5 Å². The number of amides is 1. The van der Waals surface area contributed by atoms with Crippen molar-refractivity contribution in [3.63, 3.8) is 0 Å². The van der Waals surface area contributed by atoms with Gasteiger partial charge in [0.2, 0.25) is 0 Å². The number of anilines is 1. The van der Waals surface area contributed by atoms with Crippen LogP contribution in [0.4, 0.5) is 5.00 Å². The van der Waals surface area contributed by atoms with Crippen molar-refractivity contribution in [3.8, 4) is 0 Å². The number of thiophene rings is 1. The van der Waals surface area contributed by atoms with Crippen LogP contribution in [0.3, 0.4) is 0 Å². The van der Waals surface area contributed by atoms with E-state index in [-0.39, 0.29) is 5.56 Å². The molecule has 0 saturated heterocycles. The molecule has 8 heteroatoms. The monoisotopic (exact) mass is 391 g/mol. The number of aryl methyl sites for hydroxylation is 1. The van der Waals surface area contributed by atoms with Crippen LogP contribution >= 0.6 is 11.3 Å². The first kappa shape index (κ1) is 19.2. The quantitative estimate of drug-likeness (QED) is 0.786. The Balaban J connectivity index is 1.71. The van der Waals surface area contributed by atoms with Crippen molar-refractivity contribution < 1.29 is 28.3 Å². The molecular formula is C19H21NO6S. The van der Waals surface area contributed by atoms with Gasteiger partial charge < -0.3 is 19.2 Å². The van der Waals surface area contributed by atoms with Gasteiger partial charge in [0, 0.05) is 4.88 Å². The van der Waals surface area contributed by atoms with Gasteiger partial charge in [-0.3, -0.25) is 4.79 Å². The number of rotatable bonds is 5. The van der Waals surface area contributed by atoms with Gasteiger partial charge in [-0.2, -0.15) is 0 Å². The summed E-state index contributed by atoms with van der Waals surface area (Å²) in [6.45, 7) is 3.34. The van der Waals surface area contributed by atoms with Crippen molar-refractivity contribution in [2.45, 2.75) is 33.1 Å². The van der Waals surface area contributed by atoms with E-state index in [1.807, 2.05) is 0 Å². The largest absolute Gasteiger partial charge is 0.469 e. The van der Waals surface area contributed by atoms with Crippen LogP contribution in [0, 0.1) is 12.8 Å². The molecule has 1 aliphatic carbocycles. The Morgan fingerprint density at radius 2 is 2.11 bits per heavy atom. The lowest BCUT2D eigenvalue weighted by atomic mass is 9.88. The maximum absolute atomic E-state index is 12.3. The van der Waals surface area contributed by atoms with Crippen molar-refractivity contribution in [2.75, 3.05) is 19.0 Å². The number of carbonyl (C=O) groups is 3. The molecule has 0 fully saturated rings. The Bertz CT molecular complexity index is 881. The highest BCUT2D eigenvalue weighted by molar-refractivity contribution is 7.17. The van der Waals surface area contributed by atoms with Gasteiger partial charge in [0.15, 0.2) is 6.61 Å². The molecule has 3 rings (SSSR count). The van der Waals surface area contributed by atoms with Crippen LogP contribution in [0.2, 0.25) is 0 Å². The van der Waals surface area contributed by atoms with Gasteiger partial charge >= 0.3 is 11.9 Å². The average Bonchev–Trinajstić information content (AvgIpc) is 3.21. The normalized spacial score (nSPS) is 15.7. The predicted octanol–water partition coefficient (Wildman–Crippen LogP) is 3.36. The summed E-state index contributed by atoms with van der Waals surface area (Å²) >= 11 is 1.38. The molecule has 0 unspecified atom stereocenters. The van der Waals surface area contributed by atoms with Crippen molar-refractivity contribution in [2.24, 2.45) is 5.92 Å². The van der Waals surface area contributed by atoms with Crippen LogP contribution in [0.25, 0.3) is 0 Å². The Labute approximate surface area is 160 Å². The molecule has 0 spiro atoms. The third-order valence-electron chi connectivity index (χ3n) is 4.57. The number of fused-ring (bicyclic) bond motifs is 1. The average molecular weight is 391 g/mol. The fourth-order valence-corrected chi connectivity index (χ4v) is 4.54. The number of esters is 2. The van der Waals surface area contributed by atoms with Crippen molar-refractivity contribution in [1.82, 2.24) is 0 Å². The van der Waals surface area contributed by atoms with Crippen LogP contribution in [0.15, 0.2) is 16.7 Å². The lowest BCUT2D eigenvalue weighted by molar-refractivity contribution is -0.119. The Kier molecular flexibility index (Phi) is 5.65. The highest BCUT2D eigenvalue weighted by atomic mass is 32.1. The van der Waals surface area contributed by atoms with Crippen LogP contribution in [0.5, 0.6) is 0 Å². The second-order valence-electron chi connectivity index (χ2n) is 6.56. The maximum Gasteiger partial charge on any atom is 0.342 e. The summed E-state index contributed by atoms with van der Waals surface area (Å²) in [4.78, 5) is 37.5. The lowest BCUT2D eigenvalue weighted by Crippen LogP contribution is -2.22. The summed E-state index contributed by atoms with van der Waals surface area (Å²) < 4.78 is 15.0. The summed E-state index contributed by atoms with van der Waals surface area (Å²) in [5, 5.41) is 3.14. The zero-order valence-electron chi connectivity index (χ0n) is 15.4. The van der Waals surface area contributed by atoms with Gasteiger partial charge in [-0.05, 0) is 43.7 Å². The summed E-state index contributed by atoms with van der Waals surface area (Å²) in [5.41, 5.74) is 1.64. The molecule has 27 heavy (non-hydrogen) atoms. The zero-order valence-corrected chi connectivity index (χ0v) is 16.2. The number of carbonyl (C=O) groups excluding carboxylic acids is 3. The van der Waals surface area contributed by atoms with Crippen molar-refractivity contribution in [3.05, 3.63) is 39.7 Å². The van der Waals surface area contributed by atoms with Gasteiger partial charge in [-0.15, -0.1) is 11.3 Å². The van der Waals surface area contributed by atoms with Gasteiger partial charge in [0.25, 0.3) is 5.91 Å². The molecule has 2 heterocycles. The Morgan fingerprint density at radius 3 is 2.78 bits per heavy atom. The van der Waals surface area contributed by atoms with Crippen molar-refractivity contribution >= 4 is 34.2 Å². The summed E-state index contributed by atoms with van der Waals surface area (Å²) in [6, 6.07) is 1.49. The third kappa shape index (κ3) is 4.05. The lowest BCUT2D eigenvalue weighted by Gasteiger charge is -2.18. The molecule has 0 aromatic carbocycles. The van der Waals surface area contributed by atoms with Gasteiger partial charge in [0.1, 0.15) is 16.3 Å². The smallest absolute Gasteiger partial charge is 0.342 e. The van der Waals surface area contributed by atoms with E-state index in [1.165, 1.54) is 30.8 Å². The minimum atomic E-state index is -0.635. The molecule has 1 atom stereocenters. The first-order valence-corrected chi connectivity index (χ1v) is 9.46. The Hall–Kier alpha value is -2.61. The van der Waals surface area contributed by atoms with Gasteiger partial charge in [0.05, 0.1) is 18.9 Å². The SMILES string of the molecule is COC(=O)c1c(NC(=O)COC(=O)c2ccoc2C)sc2c1CC[C@H](C)C2. The second kappa shape index (κ2) is 7.96. The topological polar surface area (TPSA) is 94.8 Å². The van der Waals surface area contributed by atoms with E-state index in [1.54, 1.807) is 6.92 Å². The maximum atomic E-state index is 12.3. The first-order valence-electron chi connectivity index (χ1n) is 8.64. The van der Waals surface area contributed by atoms with E-state index in [0.29, 0.717) is 22.2 Å². The number of nitrogens with one attached hydrogen (secondary N) is 1. The van der Waals surface area contributed by atoms with Crippen LogP contribution in [0.1, 0.15) is 50.3 Å². The third-order valence-corrected chi connectivity index (χ3v) is 5.74. The second-order valence-corrected chi connectivity index (χ2v) is 7.67. The molecule has 0 aliphatic heterocycles. The highest BCUT2D eigenvalue weighted by Crippen LogP contribution is 2.40. The van der Waals surface area contributed by atoms with Gasteiger partial charge in [-0.1, -0.05) is 6.92 Å². The number of hydrogen-bond acceptors (Lipinski definition) is 7. The fourth-order valence-electron chi connectivity index (χ4n) is 3.13. The number of furan rings is 1. The molecule has 0 saturated carbocycles. The summed E-state index contributed by atoms with van der Waals surface area (Å²) in [5.74, 6) is -0.661. The van der Waals surface area contributed by atoms with Crippen LogP contribution in [-0.2, 0) is 27.1 Å². The molecular weight excluding hydrogens is 370 g/mol. The van der Waals surface area contributed by atoms with E-state index in [2.05, 4.69) is 12.2 Å². The minimum absolute atomic E-state index is 0.277. The molecule has 0 radical (unpaired) electrons. The summed E-state index contributed by atoms with van der Waals surface area (Å²) in [6.07, 6.45) is 4.02. The van der Waals surface area contributed by atoms with E-state index in [0.717, 1.165) is 29.7 Å². The molecule has 7 nitrogen and oxygen atoms in total. The predicted molar refractivity (Wildman–Crippen MR) is 99.2 cm³/mol. The first-order chi connectivity index (χ1) is 12.9.